The van der Waals surface area contributed by atoms with Crippen molar-refractivity contribution in [2.45, 2.75) is 13.5 Å². The van der Waals surface area contributed by atoms with Crippen LogP contribution in [0.25, 0.3) is 0 Å². The average Bonchev–Trinajstić information content (AvgIpc) is 2.34. The van der Waals surface area contributed by atoms with Crippen LogP contribution in [0.1, 0.15) is 11.1 Å². The van der Waals surface area contributed by atoms with Crippen LogP contribution in [0, 0.1) is 6.92 Å². The number of benzene rings is 2. The van der Waals surface area contributed by atoms with Gasteiger partial charge < -0.3 is 10.5 Å². The van der Waals surface area contributed by atoms with E-state index in [0.29, 0.717) is 6.54 Å². The predicted octanol–water partition coefficient (Wildman–Crippen LogP) is 4.77. The predicted molar refractivity (Wildman–Crippen MR) is 81.0 cm³/mol. The molecule has 0 atom stereocenters. The van der Waals surface area contributed by atoms with E-state index in [1.165, 1.54) is 0 Å². The van der Waals surface area contributed by atoms with Crippen molar-refractivity contribution in [1.82, 2.24) is 0 Å². The third kappa shape index (κ3) is 3.13. The Hall–Kier alpha value is -0.840. The van der Waals surface area contributed by atoms with E-state index < -0.39 is 0 Å². The fraction of sp³-hybridized carbons (Fsp3) is 0.143. The van der Waals surface area contributed by atoms with E-state index in [1.807, 2.05) is 43.3 Å². The molecule has 2 nitrogen and oxygen atoms in total. The van der Waals surface area contributed by atoms with Crippen molar-refractivity contribution in [3.63, 3.8) is 0 Å². The molecule has 0 saturated carbocycles. The molecule has 0 aliphatic carbocycles. The topological polar surface area (TPSA) is 35.2 Å². The van der Waals surface area contributed by atoms with Crippen LogP contribution in [-0.4, -0.2) is 0 Å². The third-order valence-electron chi connectivity index (χ3n) is 2.59. The SMILES string of the molecule is Cc1cc(CN)ccc1Oc1ccc(Br)cc1Br. The van der Waals surface area contributed by atoms with Gasteiger partial charge in [-0.05, 0) is 58.2 Å². The van der Waals surface area contributed by atoms with Gasteiger partial charge in [0, 0.05) is 11.0 Å². The molecule has 94 valence electrons. The standard InChI is InChI=1S/C14H13Br2NO/c1-9-6-10(8-17)2-4-13(9)18-14-5-3-11(15)7-12(14)16/h2-7H,8,17H2,1H3. The second-order valence-electron chi connectivity index (χ2n) is 3.98. The summed E-state index contributed by atoms with van der Waals surface area (Å²) in [5, 5.41) is 0. The number of hydrogen-bond donors (Lipinski definition) is 1. The van der Waals surface area contributed by atoms with Crippen molar-refractivity contribution in [2.75, 3.05) is 0 Å². The third-order valence-corrected chi connectivity index (χ3v) is 3.70. The van der Waals surface area contributed by atoms with Crippen molar-refractivity contribution < 1.29 is 4.74 Å². The van der Waals surface area contributed by atoms with Crippen LogP contribution < -0.4 is 10.5 Å². The quantitative estimate of drug-likeness (QED) is 0.844. The zero-order valence-corrected chi connectivity index (χ0v) is 13.1. The molecule has 0 aliphatic heterocycles. The van der Waals surface area contributed by atoms with Crippen LogP contribution in [-0.2, 0) is 6.54 Å². The lowest BCUT2D eigenvalue weighted by atomic mass is 10.1. The van der Waals surface area contributed by atoms with E-state index in [9.17, 15) is 0 Å². The van der Waals surface area contributed by atoms with E-state index in [1.54, 1.807) is 0 Å². The summed E-state index contributed by atoms with van der Waals surface area (Å²) >= 11 is 6.90. The zero-order valence-electron chi connectivity index (χ0n) is 9.91. The van der Waals surface area contributed by atoms with E-state index in [2.05, 4.69) is 31.9 Å². The molecule has 2 N–H and O–H groups in total. The fourth-order valence-electron chi connectivity index (χ4n) is 1.63. The minimum Gasteiger partial charge on any atom is -0.456 e. The Labute approximate surface area is 123 Å². The highest BCUT2D eigenvalue weighted by Gasteiger charge is 2.06. The van der Waals surface area contributed by atoms with Crippen LogP contribution >= 0.6 is 31.9 Å². The van der Waals surface area contributed by atoms with Crippen molar-refractivity contribution >= 4 is 31.9 Å². The van der Waals surface area contributed by atoms with Gasteiger partial charge in [-0.1, -0.05) is 28.1 Å². The molecule has 0 bridgehead atoms. The van der Waals surface area contributed by atoms with Gasteiger partial charge >= 0.3 is 0 Å². The number of rotatable bonds is 3. The highest BCUT2D eigenvalue weighted by atomic mass is 79.9. The molecule has 2 rings (SSSR count). The first kappa shape index (κ1) is 13.6. The highest BCUT2D eigenvalue weighted by Crippen LogP contribution is 2.33. The number of halogens is 2. The molecule has 18 heavy (non-hydrogen) atoms. The number of nitrogens with two attached hydrogens (primary N) is 1. The van der Waals surface area contributed by atoms with Crippen LogP contribution in [0.3, 0.4) is 0 Å². The molecule has 0 saturated heterocycles. The smallest absolute Gasteiger partial charge is 0.141 e. The maximum absolute atomic E-state index is 5.89. The van der Waals surface area contributed by atoms with Crippen molar-refractivity contribution in [2.24, 2.45) is 5.73 Å². The lowest BCUT2D eigenvalue weighted by Crippen LogP contribution is -1.97. The minimum absolute atomic E-state index is 0.545. The van der Waals surface area contributed by atoms with Crippen molar-refractivity contribution in [1.29, 1.82) is 0 Å². The van der Waals surface area contributed by atoms with Gasteiger partial charge in [0.2, 0.25) is 0 Å². The molecule has 0 radical (unpaired) electrons. The maximum Gasteiger partial charge on any atom is 0.141 e. The zero-order chi connectivity index (χ0) is 13.1. The molecule has 4 heteroatoms. The van der Waals surface area contributed by atoms with Gasteiger partial charge in [0.05, 0.1) is 4.47 Å². The largest absolute Gasteiger partial charge is 0.456 e. The van der Waals surface area contributed by atoms with Crippen LogP contribution in [0.15, 0.2) is 45.3 Å². The Bertz CT molecular complexity index is 570. The molecule has 0 heterocycles. The number of hydrogen-bond acceptors (Lipinski definition) is 2. The van der Waals surface area contributed by atoms with Crippen LogP contribution in [0.5, 0.6) is 11.5 Å². The summed E-state index contributed by atoms with van der Waals surface area (Å²) in [5.74, 6) is 1.64. The Balaban J connectivity index is 2.28. The number of ether oxygens (including phenoxy) is 1. The van der Waals surface area contributed by atoms with Gasteiger partial charge in [0.25, 0.3) is 0 Å². The molecule has 0 fully saturated rings. The van der Waals surface area contributed by atoms with Gasteiger partial charge in [0.15, 0.2) is 0 Å². The Morgan fingerprint density at radius 2 is 1.78 bits per heavy atom. The van der Waals surface area contributed by atoms with Gasteiger partial charge in [-0.3, -0.25) is 0 Å². The van der Waals surface area contributed by atoms with E-state index in [-0.39, 0.29) is 0 Å². The molecular weight excluding hydrogens is 358 g/mol. The molecule has 0 aromatic heterocycles. The van der Waals surface area contributed by atoms with Crippen LogP contribution in [0.2, 0.25) is 0 Å². The second-order valence-corrected chi connectivity index (χ2v) is 5.75. The van der Waals surface area contributed by atoms with E-state index in [4.69, 9.17) is 10.5 Å². The summed E-state index contributed by atoms with van der Waals surface area (Å²) < 4.78 is 7.81. The summed E-state index contributed by atoms with van der Waals surface area (Å²) in [6.45, 7) is 2.56. The minimum atomic E-state index is 0.545. The summed E-state index contributed by atoms with van der Waals surface area (Å²) in [4.78, 5) is 0. The monoisotopic (exact) mass is 369 g/mol. The Morgan fingerprint density at radius 3 is 2.39 bits per heavy atom. The Kier molecular flexibility index (Phi) is 4.43. The molecule has 0 aliphatic rings. The molecule has 0 unspecified atom stereocenters. The highest BCUT2D eigenvalue weighted by molar-refractivity contribution is 9.11. The molecular formula is C14H13Br2NO. The lowest BCUT2D eigenvalue weighted by molar-refractivity contribution is 0.475. The van der Waals surface area contributed by atoms with Gasteiger partial charge in [0.1, 0.15) is 11.5 Å². The van der Waals surface area contributed by atoms with Crippen molar-refractivity contribution in [3.8, 4) is 11.5 Å². The van der Waals surface area contributed by atoms with E-state index >= 15 is 0 Å². The first-order valence-electron chi connectivity index (χ1n) is 5.52. The molecule has 2 aromatic rings. The summed E-state index contributed by atoms with van der Waals surface area (Å²) in [5.41, 5.74) is 7.79. The van der Waals surface area contributed by atoms with Gasteiger partial charge in [-0.15, -0.1) is 0 Å². The van der Waals surface area contributed by atoms with Crippen molar-refractivity contribution in [3.05, 3.63) is 56.5 Å². The van der Waals surface area contributed by atoms with Gasteiger partial charge in [-0.25, -0.2) is 0 Å². The number of aryl methyl sites for hydroxylation is 1. The fourth-order valence-corrected chi connectivity index (χ4v) is 2.76. The summed E-state index contributed by atoms with van der Waals surface area (Å²) in [6.07, 6.45) is 0. The molecule has 2 aromatic carbocycles. The summed E-state index contributed by atoms with van der Waals surface area (Å²) in [6, 6.07) is 11.8. The Morgan fingerprint density at radius 1 is 1.06 bits per heavy atom. The maximum atomic E-state index is 5.89. The average molecular weight is 371 g/mol. The first-order chi connectivity index (χ1) is 8.60. The molecule has 0 spiro atoms. The van der Waals surface area contributed by atoms with Gasteiger partial charge in [-0.2, -0.15) is 0 Å². The summed E-state index contributed by atoms with van der Waals surface area (Å²) in [7, 11) is 0. The van der Waals surface area contributed by atoms with E-state index in [0.717, 1.165) is 31.6 Å². The first-order valence-corrected chi connectivity index (χ1v) is 7.11. The second kappa shape index (κ2) is 5.87. The van der Waals surface area contributed by atoms with Crippen LogP contribution in [0.4, 0.5) is 0 Å². The normalized spacial score (nSPS) is 10.4. The lowest BCUT2D eigenvalue weighted by Gasteiger charge is -2.11. The molecule has 0 amide bonds.